The number of nitrogens with two attached hydrogens (primary N) is 1. The molecule has 2 aromatic rings. The lowest BCUT2D eigenvalue weighted by Gasteiger charge is -2.26. The van der Waals surface area contributed by atoms with Crippen molar-refractivity contribution in [2.45, 2.75) is 50.9 Å². The van der Waals surface area contributed by atoms with Crippen LogP contribution in [0.2, 0.25) is 0 Å². The fraction of sp³-hybridized carbons (Fsp3) is 0.435. The molecule has 2 rings (SSSR count). The summed E-state index contributed by atoms with van der Waals surface area (Å²) in [4.78, 5) is 56.2. The van der Waals surface area contributed by atoms with Crippen molar-refractivity contribution in [3.05, 3.63) is 48.0 Å². The number of imidazole rings is 1. The summed E-state index contributed by atoms with van der Waals surface area (Å²) < 4.78 is 0. The number of aromatic hydroxyl groups is 1. The highest BCUT2D eigenvalue weighted by atomic mass is 16.4. The topological polar surface area (TPSA) is 220 Å². The van der Waals surface area contributed by atoms with Gasteiger partial charge in [0.05, 0.1) is 19.0 Å². The Morgan fingerprint density at radius 1 is 0.972 bits per heavy atom. The third-order valence-corrected chi connectivity index (χ3v) is 5.38. The van der Waals surface area contributed by atoms with Crippen molar-refractivity contribution in [1.82, 2.24) is 25.9 Å². The molecular weight excluding hydrogens is 472 g/mol. The highest BCUT2D eigenvalue weighted by Gasteiger charge is 2.31. The number of carboxylic acids is 1. The summed E-state index contributed by atoms with van der Waals surface area (Å²) >= 11 is 0. The van der Waals surface area contributed by atoms with Crippen LogP contribution in [-0.2, 0) is 32.0 Å². The normalized spacial score (nSPS) is 14.4. The highest BCUT2D eigenvalue weighted by Crippen LogP contribution is 2.11. The van der Waals surface area contributed by atoms with Gasteiger partial charge >= 0.3 is 5.97 Å². The standard InChI is InChI=1S/C23H32N6O7/c1-12(2)19(29-20(32)16(24)7-13-3-5-15(31)6-4-13)22(34)28-18(10-30)21(33)27-17(23(35)36)8-14-9-25-11-26-14/h3-6,9,11-12,16-19,30-31H,7-8,10,24H2,1-2H3,(H,25,26)(H,27,33)(H,28,34)(H,29,32)(H,35,36). The van der Waals surface area contributed by atoms with E-state index in [2.05, 4.69) is 25.9 Å². The average Bonchev–Trinajstić information content (AvgIpc) is 3.34. The van der Waals surface area contributed by atoms with Gasteiger partial charge in [0.1, 0.15) is 23.9 Å². The number of nitrogens with one attached hydrogen (secondary N) is 4. The predicted octanol–water partition coefficient (Wildman–Crippen LogP) is -1.58. The molecule has 0 aliphatic rings. The Balaban J connectivity index is 2.00. The molecule has 9 N–H and O–H groups in total. The molecule has 4 unspecified atom stereocenters. The Hall–Kier alpha value is -3.97. The second-order valence-electron chi connectivity index (χ2n) is 8.63. The third kappa shape index (κ3) is 8.36. The molecule has 3 amide bonds. The van der Waals surface area contributed by atoms with E-state index >= 15 is 0 Å². The largest absolute Gasteiger partial charge is 0.508 e. The first-order chi connectivity index (χ1) is 17.0. The lowest BCUT2D eigenvalue weighted by Crippen LogP contribution is -2.59. The molecule has 0 saturated carbocycles. The summed E-state index contributed by atoms with van der Waals surface area (Å²) in [5, 5.41) is 35.7. The van der Waals surface area contributed by atoms with Crippen LogP contribution in [0.3, 0.4) is 0 Å². The van der Waals surface area contributed by atoms with Crippen LogP contribution in [0.4, 0.5) is 0 Å². The summed E-state index contributed by atoms with van der Waals surface area (Å²) in [6, 6.07) is 1.33. The van der Waals surface area contributed by atoms with Gasteiger partial charge in [0.25, 0.3) is 0 Å². The van der Waals surface area contributed by atoms with Crippen LogP contribution < -0.4 is 21.7 Å². The number of carbonyl (C=O) groups excluding carboxylic acids is 3. The van der Waals surface area contributed by atoms with Crippen molar-refractivity contribution < 1.29 is 34.5 Å². The number of aliphatic hydroxyl groups excluding tert-OH is 1. The van der Waals surface area contributed by atoms with Crippen molar-refractivity contribution in [2.24, 2.45) is 11.7 Å². The second kappa shape index (κ2) is 13.2. The van der Waals surface area contributed by atoms with E-state index in [1.54, 1.807) is 26.0 Å². The Bertz CT molecular complexity index is 1030. The Kier molecular flexibility index (Phi) is 10.4. The minimum Gasteiger partial charge on any atom is -0.508 e. The van der Waals surface area contributed by atoms with Crippen LogP contribution in [0, 0.1) is 5.92 Å². The van der Waals surface area contributed by atoms with E-state index in [1.807, 2.05) is 0 Å². The van der Waals surface area contributed by atoms with E-state index in [0.717, 1.165) is 0 Å². The van der Waals surface area contributed by atoms with E-state index in [1.165, 1.54) is 24.7 Å². The lowest BCUT2D eigenvalue weighted by molar-refractivity contribution is -0.142. The van der Waals surface area contributed by atoms with E-state index < -0.39 is 60.4 Å². The molecule has 1 aromatic heterocycles. The Morgan fingerprint density at radius 3 is 2.14 bits per heavy atom. The van der Waals surface area contributed by atoms with Gasteiger partial charge in [-0.2, -0.15) is 0 Å². The number of phenolic OH excluding ortho intramolecular Hbond substituents is 1. The van der Waals surface area contributed by atoms with Gasteiger partial charge in [0, 0.05) is 18.3 Å². The average molecular weight is 505 g/mol. The number of hydrogen-bond donors (Lipinski definition) is 8. The predicted molar refractivity (Wildman–Crippen MR) is 127 cm³/mol. The minimum atomic E-state index is -1.45. The number of carbonyl (C=O) groups is 4. The van der Waals surface area contributed by atoms with Crippen molar-refractivity contribution >= 4 is 23.7 Å². The highest BCUT2D eigenvalue weighted by molar-refractivity contribution is 5.94. The Labute approximate surface area is 207 Å². The van der Waals surface area contributed by atoms with Crippen LogP contribution in [0.1, 0.15) is 25.1 Å². The molecule has 13 nitrogen and oxygen atoms in total. The van der Waals surface area contributed by atoms with Gasteiger partial charge in [-0.25, -0.2) is 9.78 Å². The molecule has 0 bridgehead atoms. The fourth-order valence-electron chi connectivity index (χ4n) is 3.32. The van der Waals surface area contributed by atoms with Crippen LogP contribution in [0.5, 0.6) is 5.75 Å². The first kappa shape index (κ1) is 28.3. The van der Waals surface area contributed by atoms with Crippen LogP contribution in [0.15, 0.2) is 36.8 Å². The number of hydrogen-bond acceptors (Lipinski definition) is 8. The molecule has 0 aliphatic carbocycles. The maximum Gasteiger partial charge on any atom is 0.326 e. The molecule has 1 heterocycles. The Morgan fingerprint density at radius 2 is 1.61 bits per heavy atom. The second-order valence-corrected chi connectivity index (χ2v) is 8.63. The maximum absolute atomic E-state index is 12.9. The molecule has 36 heavy (non-hydrogen) atoms. The number of amides is 3. The minimum absolute atomic E-state index is 0.0757. The lowest BCUT2D eigenvalue weighted by atomic mass is 10.0. The maximum atomic E-state index is 12.9. The van der Waals surface area contributed by atoms with E-state index in [4.69, 9.17) is 5.73 Å². The summed E-state index contributed by atoms with van der Waals surface area (Å²) in [5.74, 6) is -3.89. The number of aromatic nitrogens is 2. The van der Waals surface area contributed by atoms with Crippen LogP contribution in [0.25, 0.3) is 0 Å². The molecule has 1 aromatic carbocycles. The number of nitrogens with zero attached hydrogens (tertiary/aromatic N) is 1. The SMILES string of the molecule is CC(C)C(NC(=O)C(N)Cc1ccc(O)cc1)C(=O)NC(CO)C(=O)NC(Cc1cnc[nH]1)C(=O)O. The number of aliphatic hydroxyl groups is 1. The quantitative estimate of drug-likeness (QED) is 0.157. The molecule has 0 aliphatic heterocycles. The van der Waals surface area contributed by atoms with Crippen molar-refractivity contribution in [1.29, 1.82) is 0 Å². The molecular formula is C23H32N6O7. The zero-order valence-electron chi connectivity index (χ0n) is 20.0. The molecule has 13 heteroatoms. The smallest absolute Gasteiger partial charge is 0.326 e. The van der Waals surface area contributed by atoms with Gasteiger partial charge in [-0.3, -0.25) is 14.4 Å². The van der Waals surface area contributed by atoms with Crippen molar-refractivity contribution in [3.8, 4) is 5.75 Å². The zero-order valence-corrected chi connectivity index (χ0v) is 20.0. The number of carboxylic acid groups (broad SMARTS) is 1. The number of aliphatic carboxylic acids is 1. The van der Waals surface area contributed by atoms with Gasteiger partial charge in [-0.15, -0.1) is 0 Å². The first-order valence-electron chi connectivity index (χ1n) is 11.3. The van der Waals surface area contributed by atoms with Gasteiger partial charge < -0.3 is 42.0 Å². The van der Waals surface area contributed by atoms with Gasteiger partial charge in [0.15, 0.2) is 0 Å². The van der Waals surface area contributed by atoms with Gasteiger partial charge in [0.2, 0.25) is 17.7 Å². The monoisotopic (exact) mass is 504 g/mol. The number of benzene rings is 1. The summed E-state index contributed by atoms with van der Waals surface area (Å²) in [5.41, 5.74) is 7.16. The van der Waals surface area contributed by atoms with Crippen molar-refractivity contribution in [3.63, 3.8) is 0 Å². The van der Waals surface area contributed by atoms with Crippen LogP contribution >= 0.6 is 0 Å². The van der Waals surface area contributed by atoms with Crippen LogP contribution in [-0.4, -0.2) is 79.8 Å². The zero-order chi connectivity index (χ0) is 26.8. The molecule has 196 valence electrons. The van der Waals surface area contributed by atoms with E-state index in [0.29, 0.717) is 11.3 Å². The number of aromatic amines is 1. The summed E-state index contributed by atoms with van der Waals surface area (Å²) in [7, 11) is 0. The molecule has 0 spiro atoms. The molecule has 0 fully saturated rings. The third-order valence-electron chi connectivity index (χ3n) is 5.38. The summed E-state index contributed by atoms with van der Waals surface area (Å²) in [6.07, 6.45) is 2.85. The van der Waals surface area contributed by atoms with E-state index in [-0.39, 0.29) is 18.6 Å². The van der Waals surface area contributed by atoms with E-state index in [9.17, 15) is 34.5 Å². The van der Waals surface area contributed by atoms with Crippen molar-refractivity contribution in [2.75, 3.05) is 6.61 Å². The summed E-state index contributed by atoms with van der Waals surface area (Å²) in [6.45, 7) is 2.55. The first-order valence-corrected chi connectivity index (χ1v) is 11.3. The van der Waals surface area contributed by atoms with Gasteiger partial charge in [-0.05, 0) is 30.0 Å². The molecule has 0 saturated heterocycles. The molecule has 0 radical (unpaired) electrons. The molecule has 4 atom stereocenters. The number of H-pyrrole nitrogens is 1. The number of phenols is 1. The number of rotatable bonds is 13. The van der Waals surface area contributed by atoms with Gasteiger partial charge in [-0.1, -0.05) is 26.0 Å². The fourth-order valence-corrected chi connectivity index (χ4v) is 3.32.